The van der Waals surface area contributed by atoms with E-state index in [4.69, 9.17) is 4.74 Å². The Morgan fingerprint density at radius 3 is 2.62 bits per heavy atom. The highest BCUT2D eigenvalue weighted by Crippen LogP contribution is 2.39. The Kier molecular flexibility index (Phi) is 4.49. The molecular formula is C17H23NO3. The smallest absolute Gasteiger partial charge is 0.257 e. The standard InChI is InChI=1S/C17H23NO3/c1-5-11-17(13(3)19)16(20)18(4)12(2)15(21-17)14-9-7-6-8-10-14/h5-10,12-13,15,19H,1,11H2,2-4H3/t12-,13-,15-,17-/m0/s1. The Bertz CT molecular complexity index is 514. The van der Waals surface area contributed by atoms with E-state index < -0.39 is 11.7 Å². The van der Waals surface area contributed by atoms with Crippen LogP contribution in [-0.4, -0.2) is 40.7 Å². The predicted molar refractivity (Wildman–Crippen MR) is 81.7 cm³/mol. The van der Waals surface area contributed by atoms with Crippen molar-refractivity contribution in [2.24, 2.45) is 0 Å². The van der Waals surface area contributed by atoms with E-state index in [9.17, 15) is 9.90 Å². The van der Waals surface area contributed by atoms with Gasteiger partial charge in [0.15, 0.2) is 5.60 Å². The summed E-state index contributed by atoms with van der Waals surface area (Å²) < 4.78 is 6.14. The molecule has 1 aromatic rings. The Labute approximate surface area is 126 Å². The van der Waals surface area contributed by atoms with Crippen LogP contribution >= 0.6 is 0 Å². The number of ether oxygens (including phenoxy) is 1. The molecule has 4 heteroatoms. The van der Waals surface area contributed by atoms with E-state index in [1.54, 1.807) is 24.9 Å². The number of nitrogens with zero attached hydrogens (tertiary/aromatic N) is 1. The summed E-state index contributed by atoms with van der Waals surface area (Å²) in [5, 5.41) is 10.2. The minimum absolute atomic E-state index is 0.100. The van der Waals surface area contributed by atoms with Crippen molar-refractivity contribution in [2.75, 3.05) is 7.05 Å². The predicted octanol–water partition coefficient (Wildman–Crippen LogP) is 2.30. The van der Waals surface area contributed by atoms with E-state index in [1.165, 1.54) is 0 Å². The number of amides is 1. The second-order valence-electron chi connectivity index (χ2n) is 5.66. The van der Waals surface area contributed by atoms with Crippen molar-refractivity contribution in [2.45, 2.75) is 44.1 Å². The van der Waals surface area contributed by atoms with Crippen LogP contribution in [0.15, 0.2) is 43.0 Å². The summed E-state index contributed by atoms with van der Waals surface area (Å²) in [6.45, 7) is 7.24. The van der Waals surface area contributed by atoms with Gasteiger partial charge in [-0.2, -0.15) is 0 Å². The van der Waals surface area contributed by atoms with Gasteiger partial charge in [-0.15, -0.1) is 6.58 Å². The maximum atomic E-state index is 12.7. The first-order valence-electron chi connectivity index (χ1n) is 7.23. The highest BCUT2D eigenvalue weighted by atomic mass is 16.5. The molecule has 114 valence electrons. The molecule has 0 bridgehead atoms. The van der Waals surface area contributed by atoms with Crippen LogP contribution in [0.1, 0.15) is 31.9 Å². The molecule has 0 unspecified atom stereocenters. The van der Waals surface area contributed by atoms with Crippen molar-refractivity contribution in [1.82, 2.24) is 4.90 Å². The number of morpholine rings is 1. The Hall–Kier alpha value is -1.65. The molecule has 21 heavy (non-hydrogen) atoms. The molecule has 0 aromatic heterocycles. The third-order valence-electron chi connectivity index (χ3n) is 4.32. The van der Waals surface area contributed by atoms with Crippen LogP contribution in [0.4, 0.5) is 0 Å². The van der Waals surface area contributed by atoms with Crippen LogP contribution in [0, 0.1) is 0 Å². The molecule has 0 radical (unpaired) electrons. The maximum absolute atomic E-state index is 12.7. The molecule has 1 saturated heterocycles. The highest BCUT2D eigenvalue weighted by Gasteiger charge is 2.52. The van der Waals surface area contributed by atoms with Crippen LogP contribution in [-0.2, 0) is 9.53 Å². The van der Waals surface area contributed by atoms with Gasteiger partial charge in [0.25, 0.3) is 5.91 Å². The number of aliphatic hydroxyl groups is 1. The first kappa shape index (κ1) is 15.7. The number of likely N-dealkylation sites (N-methyl/N-ethyl adjacent to an activating group) is 1. The largest absolute Gasteiger partial charge is 0.390 e. The van der Waals surface area contributed by atoms with Gasteiger partial charge in [-0.25, -0.2) is 0 Å². The summed E-state index contributed by atoms with van der Waals surface area (Å²) in [7, 11) is 1.76. The van der Waals surface area contributed by atoms with Crippen molar-refractivity contribution in [3.8, 4) is 0 Å². The van der Waals surface area contributed by atoms with E-state index in [0.717, 1.165) is 5.56 Å². The fraction of sp³-hybridized carbons (Fsp3) is 0.471. The second-order valence-corrected chi connectivity index (χ2v) is 5.66. The van der Waals surface area contributed by atoms with Crippen LogP contribution < -0.4 is 0 Å². The average Bonchev–Trinajstić information content (AvgIpc) is 2.48. The lowest BCUT2D eigenvalue weighted by Crippen LogP contribution is -2.63. The Balaban J connectivity index is 2.45. The topological polar surface area (TPSA) is 49.8 Å². The zero-order valence-corrected chi connectivity index (χ0v) is 12.8. The zero-order valence-electron chi connectivity index (χ0n) is 12.8. The molecule has 1 amide bonds. The number of carbonyl (C=O) groups excluding carboxylic acids is 1. The summed E-state index contributed by atoms with van der Waals surface area (Å²) >= 11 is 0. The quantitative estimate of drug-likeness (QED) is 0.865. The molecule has 0 aliphatic carbocycles. The summed E-state index contributed by atoms with van der Waals surface area (Å²) in [6.07, 6.45) is 0.716. The fourth-order valence-electron chi connectivity index (χ4n) is 2.85. The van der Waals surface area contributed by atoms with E-state index in [0.29, 0.717) is 0 Å². The Morgan fingerprint density at radius 2 is 2.10 bits per heavy atom. The maximum Gasteiger partial charge on any atom is 0.257 e. The fourth-order valence-corrected chi connectivity index (χ4v) is 2.85. The molecule has 0 spiro atoms. The molecule has 1 N–H and O–H groups in total. The molecule has 4 atom stereocenters. The molecular weight excluding hydrogens is 266 g/mol. The third-order valence-corrected chi connectivity index (χ3v) is 4.32. The molecule has 2 rings (SSSR count). The zero-order chi connectivity index (χ0) is 15.6. The van der Waals surface area contributed by atoms with Crippen molar-refractivity contribution >= 4 is 5.91 Å². The van der Waals surface area contributed by atoms with Gasteiger partial charge >= 0.3 is 0 Å². The minimum atomic E-state index is -1.26. The molecule has 1 aliphatic rings. The van der Waals surface area contributed by atoms with Crippen LogP contribution in [0.3, 0.4) is 0 Å². The average molecular weight is 289 g/mol. The van der Waals surface area contributed by atoms with Crippen molar-refractivity contribution in [3.63, 3.8) is 0 Å². The normalized spacial score (nSPS) is 31.0. The lowest BCUT2D eigenvalue weighted by atomic mass is 9.86. The van der Waals surface area contributed by atoms with E-state index >= 15 is 0 Å². The van der Waals surface area contributed by atoms with Crippen molar-refractivity contribution in [3.05, 3.63) is 48.6 Å². The number of carbonyl (C=O) groups is 1. The van der Waals surface area contributed by atoms with Crippen LogP contribution in [0.25, 0.3) is 0 Å². The van der Waals surface area contributed by atoms with E-state index in [1.807, 2.05) is 37.3 Å². The van der Waals surface area contributed by atoms with Crippen molar-refractivity contribution in [1.29, 1.82) is 0 Å². The lowest BCUT2D eigenvalue weighted by molar-refractivity contribution is -0.215. The second kappa shape index (κ2) is 6.00. The summed E-state index contributed by atoms with van der Waals surface area (Å²) in [5.74, 6) is -0.197. The highest BCUT2D eigenvalue weighted by molar-refractivity contribution is 5.87. The minimum Gasteiger partial charge on any atom is -0.390 e. The number of benzene rings is 1. The lowest BCUT2D eigenvalue weighted by Gasteiger charge is -2.49. The third kappa shape index (κ3) is 2.61. The number of rotatable bonds is 4. The first-order valence-corrected chi connectivity index (χ1v) is 7.23. The van der Waals surface area contributed by atoms with Gasteiger partial charge in [0.2, 0.25) is 0 Å². The Morgan fingerprint density at radius 1 is 1.48 bits per heavy atom. The van der Waals surface area contributed by atoms with Crippen LogP contribution in [0.5, 0.6) is 0 Å². The van der Waals surface area contributed by atoms with Gasteiger partial charge in [0.05, 0.1) is 12.1 Å². The van der Waals surface area contributed by atoms with Crippen molar-refractivity contribution < 1.29 is 14.6 Å². The van der Waals surface area contributed by atoms with E-state index in [-0.39, 0.29) is 24.5 Å². The molecule has 1 fully saturated rings. The van der Waals surface area contributed by atoms with Gasteiger partial charge in [-0.05, 0) is 19.4 Å². The SMILES string of the molecule is C=CC[C@@]1([C@H](C)O)O[C@H](c2ccccc2)[C@H](C)N(C)C1=O. The first-order chi connectivity index (χ1) is 9.94. The van der Waals surface area contributed by atoms with Gasteiger partial charge in [-0.3, -0.25) is 4.79 Å². The monoisotopic (exact) mass is 289 g/mol. The number of hydrogen-bond acceptors (Lipinski definition) is 3. The molecule has 1 aromatic carbocycles. The number of hydrogen-bond donors (Lipinski definition) is 1. The van der Waals surface area contributed by atoms with Gasteiger partial charge in [0.1, 0.15) is 6.10 Å². The van der Waals surface area contributed by atoms with E-state index in [2.05, 4.69) is 6.58 Å². The van der Waals surface area contributed by atoms with Crippen LogP contribution in [0.2, 0.25) is 0 Å². The van der Waals surface area contributed by atoms with Gasteiger partial charge in [-0.1, -0.05) is 36.4 Å². The summed E-state index contributed by atoms with van der Waals surface area (Å²) in [4.78, 5) is 14.3. The molecule has 1 aliphatic heterocycles. The number of aliphatic hydroxyl groups excluding tert-OH is 1. The van der Waals surface area contributed by atoms with Gasteiger partial charge < -0.3 is 14.7 Å². The molecule has 0 saturated carbocycles. The summed E-state index contributed by atoms with van der Waals surface area (Å²) in [6, 6.07) is 9.68. The molecule has 1 heterocycles. The van der Waals surface area contributed by atoms with Gasteiger partial charge in [0, 0.05) is 13.5 Å². The molecule has 4 nitrogen and oxygen atoms in total. The summed E-state index contributed by atoms with van der Waals surface area (Å²) in [5.41, 5.74) is -0.262.